The molecule has 0 saturated heterocycles. The molecule has 2 rings (SSSR count). The molecule has 0 aliphatic heterocycles. The first-order chi connectivity index (χ1) is 9.67. The van der Waals surface area contributed by atoms with Gasteiger partial charge < -0.3 is 5.32 Å². The van der Waals surface area contributed by atoms with Crippen LogP contribution >= 0.6 is 11.6 Å². The number of rotatable bonds is 6. The molecule has 0 radical (unpaired) electrons. The topological polar surface area (TPSA) is 58.2 Å². The van der Waals surface area contributed by atoms with E-state index in [-0.39, 0.29) is 17.3 Å². The van der Waals surface area contributed by atoms with E-state index in [4.69, 9.17) is 11.6 Å². The molecule has 0 bridgehead atoms. The summed E-state index contributed by atoms with van der Waals surface area (Å²) in [5.74, 6) is -0.288. The molecule has 1 aromatic carbocycles. The first-order valence-electron chi connectivity index (χ1n) is 6.28. The minimum atomic E-state index is -4.69. The van der Waals surface area contributed by atoms with Crippen molar-refractivity contribution in [2.24, 2.45) is 0 Å². The molecule has 4 nitrogen and oxygen atoms in total. The highest BCUT2D eigenvalue weighted by Crippen LogP contribution is 2.36. The highest BCUT2D eigenvalue weighted by Gasteiger charge is 2.34. The number of hydrogen-bond donors (Lipinski definition) is 2. The number of nitrogens with one attached hydrogen (secondary N) is 2. The summed E-state index contributed by atoms with van der Waals surface area (Å²) < 4.78 is 64.2. The van der Waals surface area contributed by atoms with Gasteiger partial charge in [0.2, 0.25) is 10.0 Å². The highest BCUT2D eigenvalue weighted by atomic mass is 35.5. The second kappa shape index (κ2) is 6.02. The molecule has 21 heavy (non-hydrogen) atoms. The van der Waals surface area contributed by atoms with Crippen LogP contribution in [-0.4, -0.2) is 26.8 Å². The predicted octanol–water partition coefficient (Wildman–Crippen LogP) is 2.85. The normalized spacial score (nSPS) is 16.0. The fourth-order valence-corrected chi connectivity index (χ4v) is 2.92. The van der Waals surface area contributed by atoms with Crippen LogP contribution < -0.4 is 10.0 Å². The Bertz CT molecular complexity index is 615. The molecule has 1 saturated carbocycles. The third-order valence-electron chi connectivity index (χ3n) is 2.93. The number of benzene rings is 1. The van der Waals surface area contributed by atoms with Crippen LogP contribution in [0, 0.1) is 0 Å². The molecule has 0 aromatic heterocycles. The Labute approximate surface area is 125 Å². The first kappa shape index (κ1) is 16.4. The Morgan fingerprint density at radius 2 is 1.95 bits per heavy atom. The van der Waals surface area contributed by atoms with Gasteiger partial charge in [0.05, 0.1) is 17.0 Å². The van der Waals surface area contributed by atoms with Crippen molar-refractivity contribution in [3.05, 3.63) is 28.8 Å². The second-order valence-electron chi connectivity index (χ2n) is 4.84. The number of halogens is 4. The van der Waals surface area contributed by atoms with E-state index in [9.17, 15) is 21.6 Å². The van der Waals surface area contributed by atoms with Crippen LogP contribution in [0.5, 0.6) is 0 Å². The lowest BCUT2D eigenvalue weighted by Gasteiger charge is -2.15. The summed E-state index contributed by atoms with van der Waals surface area (Å²) in [5, 5.41) is 2.88. The summed E-state index contributed by atoms with van der Waals surface area (Å²) in [6, 6.07) is 3.25. The van der Waals surface area contributed by atoms with Crippen molar-refractivity contribution in [1.29, 1.82) is 0 Å². The van der Waals surface area contributed by atoms with Crippen LogP contribution in [-0.2, 0) is 16.2 Å². The van der Waals surface area contributed by atoms with Gasteiger partial charge >= 0.3 is 6.18 Å². The van der Waals surface area contributed by atoms with E-state index >= 15 is 0 Å². The van der Waals surface area contributed by atoms with Gasteiger partial charge in [0.25, 0.3) is 0 Å². The van der Waals surface area contributed by atoms with Crippen molar-refractivity contribution in [3.8, 4) is 0 Å². The van der Waals surface area contributed by atoms with E-state index in [0.29, 0.717) is 12.1 Å². The van der Waals surface area contributed by atoms with E-state index in [0.717, 1.165) is 18.9 Å². The molecule has 2 N–H and O–H groups in total. The van der Waals surface area contributed by atoms with Crippen LogP contribution in [0.25, 0.3) is 0 Å². The smallest absolute Gasteiger partial charge is 0.313 e. The fourth-order valence-electron chi connectivity index (χ4n) is 1.74. The zero-order valence-electron chi connectivity index (χ0n) is 10.9. The molecular weight excluding hydrogens is 329 g/mol. The monoisotopic (exact) mass is 342 g/mol. The van der Waals surface area contributed by atoms with Crippen LogP contribution in [0.1, 0.15) is 18.4 Å². The number of hydrogen-bond acceptors (Lipinski definition) is 3. The summed E-state index contributed by atoms with van der Waals surface area (Å²) in [6.45, 7) is 0.203. The molecule has 9 heteroatoms. The first-order valence-corrected chi connectivity index (χ1v) is 8.31. The number of anilines is 1. The number of alkyl halides is 3. The Kier molecular flexibility index (Phi) is 4.69. The van der Waals surface area contributed by atoms with E-state index in [1.165, 1.54) is 6.07 Å². The van der Waals surface area contributed by atoms with Crippen LogP contribution in [0.15, 0.2) is 18.2 Å². The molecule has 0 amide bonds. The van der Waals surface area contributed by atoms with Gasteiger partial charge in [-0.1, -0.05) is 11.6 Å². The maximum atomic E-state index is 12.9. The average Bonchev–Trinajstić information content (AvgIpc) is 3.13. The molecule has 1 aliphatic rings. The van der Waals surface area contributed by atoms with Gasteiger partial charge in [-0.15, -0.1) is 0 Å². The summed E-state index contributed by atoms with van der Waals surface area (Å²) in [7, 11) is -3.85. The summed E-state index contributed by atoms with van der Waals surface area (Å²) >= 11 is 5.53. The highest BCUT2D eigenvalue weighted by molar-refractivity contribution is 7.92. The molecule has 118 valence electrons. The minimum absolute atomic E-state index is 0.110. The Morgan fingerprint density at radius 1 is 1.29 bits per heavy atom. The van der Waals surface area contributed by atoms with Crippen molar-refractivity contribution in [1.82, 2.24) is 5.32 Å². The van der Waals surface area contributed by atoms with Gasteiger partial charge in [-0.05, 0) is 31.0 Å². The van der Waals surface area contributed by atoms with Gasteiger partial charge in [-0.3, -0.25) is 4.72 Å². The molecule has 0 unspecified atom stereocenters. The maximum Gasteiger partial charge on any atom is 0.418 e. The third kappa shape index (κ3) is 5.05. The van der Waals surface area contributed by atoms with Crippen molar-refractivity contribution < 1.29 is 21.6 Å². The molecule has 1 aromatic rings. The SMILES string of the molecule is O=S(=O)(CCNC1CC1)Nc1ccc(Cl)cc1C(F)(F)F. The van der Waals surface area contributed by atoms with E-state index in [2.05, 4.69) is 5.32 Å². The molecule has 0 heterocycles. The van der Waals surface area contributed by atoms with E-state index in [1.54, 1.807) is 0 Å². The van der Waals surface area contributed by atoms with Crippen LogP contribution in [0.2, 0.25) is 5.02 Å². The molecule has 1 aliphatic carbocycles. The summed E-state index contributed by atoms with van der Waals surface area (Å²) in [4.78, 5) is 0. The standard InChI is InChI=1S/C12H14ClF3N2O2S/c13-8-1-4-11(10(7-8)12(14,15)16)18-21(19,20)6-5-17-9-2-3-9/h1,4,7,9,17-18H,2-3,5-6H2. The zero-order valence-corrected chi connectivity index (χ0v) is 12.4. The molecule has 0 spiro atoms. The van der Waals surface area contributed by atoms with E-state index in [1.807, 2.05) is 4.72 Å². The lowest BCUT2D eigenvalue weighted by atomic mass is 10.2. The largest absolute Gasteiger partial charge is 0.418 e. The number of sulfonamides is 1. The minimum Gasteiger partial charge on any atom is -0.313 e. The van der Waals surface area contributed by atoms with Crippen molar-refractivity contribution in [3.63, 3.8) is 0 Å². The lowest BCUT2D eigenvalue weighted by Crippen LogP contribution is -2.28. The maximum absolute atomic E-state index is 12.9. The summed E-state index contributed by atoms with van der Waals surface area (Å²) in [6.07, 6.45) is -2.68. The second-order valence-corrected chi connectivity index (χ2v) is 7.12. The molecular formula is C12H14ClF3N2O2S. The molecule has 0 atom stereocenters. The van der Waals surface area contributed by atoms with Crippen LogP contribution in [0.3, 0.4) is 0 Å². The van der Waals surface area contributed by atoms with Gasteiger partial charge in [-0.25, -0.2) is 8.42 Å². The van der Waals surface area contributed by atoms with Gasteiger partial charge in [0, 0.05) is 17.6 Å². The quantitative estimate of drug-likeness (QED) is 0.835. The Hall–Kier alpha value is -0.990. The van der Waals surface area contributed by atoms with Crippen molar-refractivity contribution >= 4 is 27.3 Å². The third-order valence-corrected chi connectivity index (χ3v) is 4.44. The van der Waals surface area contributed by atoms with Crippen LogP contribution in [0.4, 0.5) is 18.9 Å². The zero-order chi connectivity index (χ0) is 15.7. The predicted molar refractivity (Wildman–Crippen MR) is 74.9 cm³/mol. The van der Waals surface area contributed by atoms with E-state index < -0.39 is 27.5 Å². The van der Waals surface area contributed by atoms with Gasteiger partial charge in [0.1, 0.15) is 0 Å². The lowest BCUT2D eigenvalue weighted by molar-refractivity contribution is -0.136. The summed E-state index contributed by atoms with van der Waals surface area (Å²) in [5.41, 5.74) is -1.62. The van der Waals surface area contributed by atoms with Gasteiger partial charge in [-0.2, -0.15) is 13.2 Å². The fraction of sp³-hybridized carbons (Fsp3) is 0.500. The van der Waals surface area contributed by atoms with Crippen molar-refractivity contribution in [2.45, 2.75) is 25.1 Å². The molecule has 1 fully saturated rings. The average molecular weight is 343 g/mol. The Morgan fingerprint density at radius 3 is 2.52 bits per heavy atom. The van der Waals surface area contributed by atoms with Crippen molar-refractivity contribution in [2.75, 3.05) is 17.0 Å². The van der Waals surface area contributed by atoms with Gasteiger partial charge in [0.15, 0.2) is 0 Å². The Balaban J connectivity index is 2.10.